The predicted octanol–water partition coefficient (Wildman–Crippen LogP) is 2.22. The van der Waals surface area contributed by atoms with Crippen LogP contribution >= 0.6 is 0 Å². The van der Waals surface area contributed by atoms with Crippen molar-refractivity contribution in [3.8, 4) is 0 Å². The third-order valence-electron chi connectivity index (χ3n) is 3.90. The number of fused-ring (bicyclic) bond motifs is 1. The fourth-order valence-corrected chi connectivity index (χ4v) is 2.91. The first kappa shape index (κ1) is 13.1. The van der Waals surface area contributed by atoms with Gasteiger partial charge in [-0.3, -0.25) is 4.68 Å². The first-order chi connectivity index (χ1) is 9.75. The summed E-state index contributed by atoms with van der Waals surface area (Å²) in [6, 6.07) is 7.53. The van der Waals surface area contributed by atoms with E-state index in [1.165, 1.54) is 25.9 Å². The van der Waals surface area contributed by atoms with Crippen LogP contribution < -0.4 is 0 Å². The summed E-state index contributed by atoms with van der Waals surface area (Å²) in [6.07, 6.45) is 3.60. The van der Waals surface area contributed by atoms with Gasteiger partial charge in [0.05, 0.1) is 5.52 Å². The number of carbonyl (C=O) groups is 1. The molecule has 0 amide bonds. The molecule has 1 fully saturated rings. The van der Waals surface area contributed by atoms with Crippen molar-refractivity contribution in [3.05, 3.63) is 30.0 Å². The minimum absolute atomic E-state index is 0.154. The van der Waals surface area contributed by atoms with E-state index >= 15 is 0 Å². The molecule has 1 aliphatic heterocycles. The Morgan fingerprint density at radius 2 is 1.95 bits per heavy atom. The Labute approximate surface area is 117 Å². The molecule has 3 rings (SSSR count). The molecule has 5 heteroatoms. The molecule has 0 bridgehead atoms. The molecule has 5 nitrogen and oxygen atoms in total. The van der Waals surface area contributed by atoms with Crippen molar-refractivity contribution < 1.29 is 9.90 Å². The number of hydrogen-bond donors (Lipinski definition) is 1. The van der Waals surface area contributed by atoms with E-state index < -0.39 is 5.97 Å². The van der Waals surface area contributed by atoms with E-state index in [1.807, 2.05) is 28.9 Å². The van der Waals surface area contributed by atoms with Gasteiger partial charge < -0.3 is 10.0 Å². The Hall–Kier alpha value is -1.88. The van der Waals surface area contributed by atoms with E-state index in [-0.39, 0.29) is 5.69 Å². The summed E-state index contributed by atoms with van der Waals surface area (Å²) in [7, 11) is 0. The summed E-state index contributed by atoms with van der Waals surface area (Å²) in [5.74, 6) is -0.959. The highest BCUT2D eigenvalue weighted by molar-refractivity contribution is 6.01. The van der Waals surface area contributed by atoms with E-state index in [0.29, 0.717) is 0 Å². The third-order valence-corrected chi connectivity index (χ3v) is 3.90. The Morgan fingerprint density at radius 1 is 1.20 bits per heavy atom. The molecule has 1 aromatic carbocycles. The number of para-hydroxylation sites is 1. The van der Waals surface area contributed by atoms with Crippen LogP contribution in [0.4, 0.5) is 0 Å². The first-order valence-corrected chi connectivity index (χ1v) is 7.17. The maximum Gasteiger partial charge on any atom is 0.357 e. The summed E-state index contributed by atoms with van der Waals surface area (Å²) in [5.41, 5.74) is 1.06. The lowest BCUT2D eigenvalue weighted by Gasteiger charge is -2.14. The Morgan fingerprint density at radius 3 is 2.70 bits per heavy atom. The highest BCUT2D eigenvalue weighted by atomic mass is 16.4. The first-order valence-electron chi connectivity index (χ1n) is 7.17. The molecule has 0 spiro atoms. The summed E-state index contributed by atoms with van der Waals surface area (Å²) < 4.78 is 1.83. The predicted molar refractivity (Wildman–Crippen MR) is 77.0 cm³/mol. The second-order valence-electron chi connectivity index (χ2n) is 5.30. The van der Waals surface area contributed by atoms with Crippen molar-refractivity contribution in [1.82, 2.24) is 14.7 Å². The number of rotatable bonds is 5. The van der Waals surface area contributed by atoms with E-state index in [1.54, 1.807) is 0 Å². The van der Waals surface area contributed by atoms with Crippen LogP contribution in [0.5, 0.6) is 0 Å². The Kier molecular flexibility index (Phi) is 3.69. The van der Waals surface area contributed by atoms with E-state index in [4.69, 9.17) is 0 Å². The van der Waals surface area contributed by atoms with Crippen molar-refractivity contribution in [1.29, 1.82) is 0 Å². The molecule has 20 heavy (non-hydrogen) atoms. The van der Waals surface area contributed by atoms with Crippen LogP contribution in [0.15, 0.2) is 24.3 Å². The van der Waals surface area contributed by atoms with E-state index in [0.717, 1.165) is 30.4 Å². The zero-order valence-corrected chi connectivity index (χ0v) is 11.5. The summed E-state index contributed by atoms with van der Waals surface area (Å²) in [4.78, 5) is 13.7. The van der Waals surface area contributed by atoms with E-state index in [9.17, 15) is 9.90 Å². The monoisotopic (exact) mass is 273 g/mol. The van der Waals surface area contributed by atoms with E-state index in [2.05, 4.69) is 10.00 Å². The van der Waals surface area contributed by atoms with Gasteiger partial charge in [-0.05, 0) is 45.0 Å². The molecule has 0 aliphatic carbocycles. The molecule has 1 aromatic heterocycles. The van der Waals surface area contributed by atoms with Gasteiger partial charge in [-0.2, -0.15) is 5.10 Å². The van der Waals surface area contributed by atoms with Gasteiger partial charge in [-0.15, -0.1) is 0 Å². The number of nitrogens with zero attached hydrogens (tertiary/aromatic N) is 3. The number of carboxylic acid groups (broad SMARTS) is 1. The smallest absolute Gasteiger partial charge is 0.357 e. The molecular formula is C15H19N3O2. The lowest BCUT2D eigenvalue weighted by molar-refractivity contribution is 0.0691. The fourth-order valence-electron chi connectivity index (χ4n) is 2.91. The van der Waals surface area contributed by atoms with Crippen molar-refractivity contribution >= 4 is 16.9 Å². The minimum atomic E-state index is -0.959. The molecule has 2 aromatic rings. The number of aryl methyl sites for hydroxylation is 1. The van der Waals surface area contributed by atoms with Gasteiger partial charge in [-0.1, -0.05) is 18.2 Å². The zero-order chi connectivity index (χ0) is 13.9. The maximum atomic E-state index is 11.2. The lowest BCUT2D eigenvalue weighted by atomic mass is 10.2. The van der Waals surface area contributed by atoms with Crippen LogP contribution in [0, 0.1) is 0 Å². The van der Waals surface area contributed by atoms with Crippen LogP contribution in [0.2, 0.25) is 0 Å². The molecule has 0 saturated carbocycles. The van der Waals surface area contributed by atoms with Gasteiger partial charge in [0.1, 0.15) is 0 Å². The van der Waals surface area contributed by atoms with Crippen LogP contribution in [-0.2, 0) is 6.54 Å². The summed E-state index contributed by atoms with van der Waals surface area (Å²) in [6.45, 7) is 4.22. The molecule has 1 N–H and O–H groups in total. The van der Waals surface area contributed by atoms with Crippen LogP contribution in [0.1, 0.15) is 29.8 Å². The van der Waals surface area contributed by atoms with Crippen LogP contribution in [0.25, 0.3) is 10.9 Å². The van der Waals surface area contributed by atoms with Crippen LogP contribution in [0.3, 0.4) is 0 Å². The average Bonchev–Trinajstić information content (AvgIpc) is 3.07. The van der Waals surface area contributed by atoms with Gasteiger partial charge in [0.2, 0.25) is 0 Å². The molecule has 1 aliphatic rings. The number of likely N-dealkylation sites (tertiary alicyclic amines) is 1. The van der Waals surface area contributed by atoms with Crippen molar-refractivity contribution in [2.24, 2.45) is 0 Å². The highest BCUT2D eigenvalue weighted by Crippen LogP contribution is 2.19. The molecule has 2 heterocycles. The third kappa shape index (κ3) is 2.54. The number of benzene rings is 1. The van der Waals surface area contributed by atoms with Crippen LogP contribution in [-0.4, -0.2) is 45.4 Å². The molecule has 0 atom stereocenters. The van der Waals surface area contributed by atoms with Gasteiger partial charge in [-0.25, -0.2) is 4.79 Å². The number of aromatic carboxylic acids is 1. The lowest BCUT2D eigenvalue weighted by Crippen LogP contribution is -2.21. The number of hydrogen-bond acceptors (Lipinski definition) is 3. The molecule has 0 unspecified atom stereocenters. The maximum absolute atomic E-state index is 11.2. The topological polar surface area (TPSA) is 58.4 Å². The largest absolute Gasteiger partial charge is 0.476 e. The summed E-state index contributed by atoms with van der Waals surface area (Å²) in [5, 5.41) is 14.2. The van der Waals surface area contributed by atoms with Gasteiger partial charge >= 0.3 is 5.97 Å². The normalized spacial score (nSPS) is 16.0. The molecule has 106 valence electrons. The van der Waals surface area contributed by atoms with Crippen molar-refractivity contribution in [3.63, 3.8) is 0 Å². The average molecular weight is 273 g/mol. The minimum Gasteiger partial charge on any atom is -0.476 e. The Balaban J connectivity index is 1.75. The number of aromatic nitrogens is 2. The molecule has 0 radical (unpaired) electrons. The Bertz CT molecular complexity index is 615. The molecular weight excluding hydrogens is 254 g/mol. The highest BCUT2D eigenvalue weighted by Gasteiger charge is 2.16. The van der Waals surface area contributed by atoms with Crippen molar-refractivity contribution in [2.45, 2.75) is 25.8 Å². The molecule has 1 saturated heterocycles. The standard InChI is InChI=1S/C15H19N3O2/c19-15(20)14-12-6-1-2-7-13(12)18(16-14)11-5-10-17-8-3-4-9-17/h1-2,6-7H,3-5,8-11H2,(H,19,20). The second-order valence-corrected chi connectivity index (χ2v) is 5.30. The van der Waals surface area contributed by atoms with Gasteiger partial charge in [0, 0.05) is 11.9 Å². The quantitative estimate of drug-likeness (QED) is 0.907. The zero-order valence-electron chi connectivity index (χ0n) is 11.5. The number of carboxylic acids is 1. The fraction of sp³-hybridized carbons (Fsp3) is 0.467. The summed E-state index contributed by atoms with van der Waals surface area (Å²) >= 11 is 0. The second kappa shape index (κ2) is 5.63. The SMILES string of the molecule is O=C(O)c1nn(CCCN2CCCC2)c2ccccc12. The van der Waals surface area contributed by atoms with Gasteiger partial charge in [0.15, 0.2) is 5.69 Å². The van der Waals surface area contributed by atoms with Crippen molar-refractivity contribution in [2.75, 3.05) is 19.6 Å². The van der Waals surface area contributed by atoms with Gasteiger partial charge in [0.25, 0.3) is 0 Å².